The van der Waals surface area contributed by atoms with Crippen LogP contribution in [0.1, 0.15) is 24.0 Å². The fraction of sp³-hybridized carbons (Fsp3) is 0.308. The van der Waals surface area contributed by atoms with E-state index < -0.39 is 12.1 Å². The lowest BCUT2D eigenvalue weighted by Gasteiger charge is -2.34. The van der Waals surface area contributed by atoms with Gasteiger partial charge in [-0.05, 0) is 30.5 Å². The van der Waals surface area contributed by atoms with Gasteiger partial charge in [0.2, 0.25) is 0 Å². The number of nitrogens with zero attached hydrogens (tertiary/aromatic N) is 5. The van der Waals surface area contributed by atoms with Gasteiger partial charge in [-0.1, -0.05) is 36.4 Å². The number of aliphatic carboxylic acids is 1. The van der Waals surface area contributed by atoms with Crippen molar-refractivity contribution < 1.29 is 23.1 Å². The van der Waals surface area contributed by atoms with Crippen LogP contribution in [0.4, 0.5) is 18.9 Å². The van der Waals surface area contributed by atoms with Crippen molar-refractivity contribution in [2.24, 2.45) is 12.8 Å². The molecule has 3 heterocycles. The van der Waals surface area contributed by atoms with Crippen LogP contribution in [0.15, 0.2) is 53.3 Å². The van der Waals surface area contributed by atoms with Crippen molar-refractivity contribution in [1.29, 1.82) is 5.26 Å². The van der Waals surface area contributed by atoms with Crippen LogP contribution in [0.2, 0.25) is 0 Å². The fourth-order valence-electron chi connectivity index (χ4n) is 4.64. The Morgan fingerprint density at radius 3 is 2.53 bits per heavy atom. The van der Waals surface area contributed by atoms with E-state index in [1.807, 2.05) is 36.4 Å². The molecule has 0 unspecified atom stereocenters. The highest BCUT2D eigenvalue weighted by molar-refractivity contribution is 6.05. The number of halogens is 3. The maximum atomic E-state index is 13.3. The Kier molecular flexibility index (Phi) is 7.41. The molecule has 1 aliphatic heterocycles. The number of alkyl halides is 3. The molecule has 1 aliphatic rings. The minimum Gasteiger partial charge on any atom is -0.475 e. The zero-order valence-corrected chi connectivity index (χ0v) is 20.4. The number of benzene rings is 2. The molecule has 5 rings (SSSR count). The second kappa shape index (κ2) is 10.5. The Bertz CT molecular complexity index is 1600. The van der Waals surface area contributed by atoms with Crippen molar-refractivity contribution in [3.63, 3.8) is 0 Å². The number of fused-ring (bicyclic) bond motifs is 2. The van der Waals surface area contributed by atoms with E-state index in [0.29, 0.717) is 17.8 Å². The number of carbonyl (C=O) groups is 1. The molecule has 0 radical (unpaired) electrons. The van der Waals surface area contributed by atoms with Gasteiger partial charge in [0.15, 0.2) is 5.65 Å². The summed E-state index contributed by atoms with van der Waals surface area (Å²) in [5.74, 6) is -2.76. The Morgan fingerprint density at radius 2 is 1.87 bits per heavy atom. The van der Waals surface area contributed by atoms with Crippen LogP contribution in [0.25, 0.3) is 22.1 Å². The molecular formula is C26H25F3N6O3. The average molecular weight is 527 g/mol. The van der Waals surface area contributed by atoms with Crippen LogP contribution in [0.3, 0.4) is 0 Å². The van der Waals surface area contributed by atoms with Crippen LogP contribution in [0.5, 0.6) is 0 Å². The van der Waals surface area contributed by atoms with E-state index >= 15 is 0 Å². The minimum atomic E-state index is -5.08. The van der Waals surface area contributed by atoms with Crippen LogP contribution < -0.4 is 16.3 Å². The zero-order chi connectivity index (χ0) is 27.6. The number of carboxylic acid groups (broad SMARTS) is 1. The molecular weight excluding hydrogens is 501 g/mol. The second-order valence-electron chi connectivity index (χ2n) is 9.00. The van der Waals surface area contributed by atoms with Crippen molar-refractivity contribution in [3.05, 3.63) is 70.1 Å². The molecule has 0 aliphatic carbocycles. The molecule has 2 aromatic carbocycles. The summed E-state index contributed by atoms with van der Waals surface area (Å²) < 4.78 is 35.1. The quantitative estimate of drug-likeness (QED) is 0.419. The monoisotopic (exact) mass is 526 g/mol. The van der Waals surface area contributed by atoms with Gasteiger partial charge in [0.1, 0.15) is 5.52 Å². The average Bonchev–Trinajstić information content (AvgIpc) is 3.12. The number of imidazole rings is 1. The number of aryl methyl sites for hydroxylation is 1. The summed E-state index contributed by atoms with van der Waals surface area (Å²) in [6.07, 6.45) is -3.08. The van der Waals surface area contributed by atoms with Gasteiger partial charge in [0, 0.05) is 31.6 Å². The molecule has 2 aromatic heterocycles. The first-order valence-corrected chi connectivity index (χ1v) is 11.8. The van der Waals surface area contributed by atoms with Crippen LogP contribution >= 0.6 is 0 Å². The molecule has 0 bridgehead atoms. The van der Waals surface area contributed by atoms with Gasteiger partial charge in [-0.25, -0.2) is 14.6 Å². The molecule has 1 atom stereocenters. The molecule has 38 heavy (non-hydrogen) atoms. The van der Waals surface area contributed by atoms with Crippen molar-refractivity contribution in [3.8, 4) is 6.07 Å². The standard InChI is InChI=1S/C24H24N6O.C2HF3O2/c1-28-23-22(30(24(28)31)14-17-8-3-2-7-16(17)13-25)21(29-12-6-9-18(26)15-29)19-10-4-5-11-20(19)27-23;3-2(4,5)1(6)7/h2-5,7-8,10-11,18H,6,9,12,14-15,26H2,1H3;(H,6,7)/t18-;/m1./s1. The van der Waals surface area contributed by atoms with Crippen LogP contribution in [-0.2, 0) is 18.4 Å². The van der Waals surface area contributed by atoms with Gasteiger partial charge in [-0.15, -0.1) is 0 Å². The predicted molar refractivity (Wildman–Crippen MR) is 136 cm³/mol. The van der Waals surface area contributed by atoms with Crippen molar-refractivity contribution in [2.75, 3.05) is 18.0 Å². The lowest BCUT2D eigenvalue weighted by molar-refractivity contribution is -0.192. The zero-order valence-electron chi connectivity index (χ0n) is 20.4. The highest BCUT2D eigenvalue weighted by Crippen LogP contribution is 2.35. The molecule has 4 aromatic rings. The van der Waals surface area contributed by atoms with Crippen molar-refractivity contribution in [2.45, 2.75) is 31.6 Å². The van der Waals surface area contributed by atoms with Crippen molar-refractivity contribution >= 4 is 33.7 Å². The number of piperidine rings is 1. The summed E-state index contributed by atoms with van der Waals surface area (Å²) in [7, 11) is 1.75. The van der Waals surface area contributed by atoms with Gasteiger partial charge in [-0.2, -0.15) is 18.4 Å². The van der Waals surface area contributed by atoms with Gasteiger partial charge in [0.05, 0.1) is 29.4 Å². The summed E-state index contributed by atoms with van der Waals surface area (Å²) in [4.78, 5) is 29.4. The van der Waals surface area contributed by atoms with Gasteiger partial charge < -0.3 is 15.7 Å². The lowest BCUT2D eigenvalue weighted by Crippen LogP contribution is -2.43. The van der Waals surface area contributed by atoms with Gasteiger partial charge in [0.25, 0.3) is 0 Å². The predicted octanol–water partition coefficient (Wildman–Crippen LogP) is 3.37. The molecule has 0 spiro atoms. The SMILES string of the molecule is Cn1c(=O)n(Cc2ccccc2C#N)c2c(N3CCC[C@@H](N)C3)c3ccccc3nc21.O=C(O)C(F)(F)F. The Balaban J connectivity index is 0.000000426. The second-order valence-corrected chi connectivity index (χ2v) is 9.00. The third-order valence-electron chi connectivity index (χ3n) is 6.41. The molecule has 198 valence electrons. The Hall–Kier alpha value is -4.37. The first-order chi connectivity index (χ1) is 18.0. The molecule has 12 heteroatoms. The number of hydrogen-bond acceptors (Lipinski definition) is 6. The fourth-order valence-corrected chi connectivity index (χ4v) is 4.64. The number of rotatable bonds is 3. The number of nitriles is 1. The molecule has 1 saturated heterocycles. The van der Waals surface area contributed by atoms with E-state index in [9.17, 15) is 23.2 Å². The molecule has 1 fully saturated rings. The number of pyridine rings is 1. The van der Waals surface area contributed by atoms with E-state index in [-0.39, 0.29) is 11.7 Å². The van der Waals surface area contributed by atoms with Gasteiger partial charge >= 0.3 is 17.8 Å². The summed E-state index contributed by atoms with van der Waals surface area (Å²) in [5, 5.41) is 17.7. The number of nitrogens with two attached hydrogens (primary N) is 1. The van der Waals surface area contributed by atoms with Crippen LogP contribution in [0, 0.1) is 11.3 Å². The summed E-state index contributed by atoms with van der Waals surface area (Å²) >= 11 is 0. The lowest BCUT2D eigenvalue weighted by atomic mass is 10.0. The van der Waals surface area contributed by atoms with Crippen LogP contribution in [-0.4, -0.2) is 50.5 Å². The topological polar surface area (TPSA) is 130 Å². The van der Waals surface area contributed by atoms with E-state index in [1.165, 1.54) is 0 Å². The first kappa shape index (κ1) is 26.7. The van der Waals surface area contributed by atoms with E-state index in [1.54, 1.807) is 22.2 Å². The minimum absolute atomic E-state index is 0.0962. The summed E-state index contributed by atoms with van der Waals surface area (Å²) in [6.45, 7) is 1.93. The molecule has 9 nitrogen and oxygen atoms in total. The summed E-state index contributed by atoms with van der Waals surface area (Å²) in [5.41, 5.74) is 10.9. The normalized spacial score (nSPS) is 15.7. The number of hydrogen-bond donors (Lipinski definition) is 2. The maximum Gasteiger partial charge on any atom is 0.490 e. The molecule has 3 N–H and O–H groups in total. The summed E-state index contributed by atoms with van der Waals surface area (Å²) in [6, 6.07) is 17.7. The number of aromatic nitrogens is 3. The van der Waals surface area contributed by atoms with E-state index in [2.05, 4.69) is 17.0 Å². The number of carboxylic acids is 1. The largest absolute Gasteiger partial charge is 0.490 e. The van der Waals surface area contributed by atoms with Crippen molar-refractivity contribution in [1.82, 2.24) is 14.1 Å². The number of para-hydroxylation sites is 1. The highest BCUT2D eigenvalue weighted by atomic mass is 19.4. The van der Waals surface area contributed by atoms with E-state index in [4.69, 9.17) is 20.6 Å². The number of anilines is 1. The molecule has 0 saturated carbocycles. The molecule has 0 amide bonds. The highest BCUT2D eigenvalue weighted by Gasteiger charge is 2.38. The third kappa shape index (κ3) is 5.19. The first-order valence-electron chi connectivity index (χ1n) is 11.8. The smallest absolute Gasteiger partial charge is 0.475 e. The Morgan fingerprint density at radius 1 is 1.21 bits per heavy atom. The van der Waals surface area contributed by atoms with Gasteiger partial charge in [-0.3, -0.25) is 9.13 Å². The maximum absolute atomic E-state index is 13.3. The third-order valence-corrected chi connectivity index (χ3v) is 6.41. The Labute approximate surface area is 215 Å². The van der Waals surface area contributed by atoms with E-state index in [0.717, 1.165) is 53.6 Å².